The molecule has 0 heterocycles. The molecule has 84 valence electrons. The van der Waals surface area contributed by atoms with E-state index in [0.29, 0.717) is 0 Å². The number of amides is 1. The van der Waals surface area contributed by atoms with E-state index in [1.54, 1.807) is 0 Å². The zero-order chi connectivity index (χ0) is 11.2. The largest absolute Gasteiger partial charge is 0.369 e. The molecular weight excluding hydrogens is 206 g/mol. The Labute approximate surface area is 84.7 Å². The van der Waals surface area contributed by atoms with Gasteiger partial charge in [0.05, 0.1) is 11.9 Å². The maximum absolute atomic E-state index is 11.0. The highest BCUT2D eigenvalue weighted by molar-refractivity contribution is 7.90. The van der Waals surface area contributed by atoms with Gasteiger partial charge in [0, 0.05) is 12.8 Å². The summed E-state index contributed by atoms with van der Waals surface area (Å²) in [6, 6.07) is 0. The van der Waals surface area contributed by atoms with Gasteiger partial charge < -0.3 is 10.1 Å². The van der Waals surface area contributed by atoms with Crippen LogP contribution in [0, 0.1) is 0 Å². The number of sulfone groups is 1. The van der Waals surface area contributed by atoms with Gasteiger partial charge in [0.1, 0.15) is 16.4 Å². The van der Waals surface area contributed by atoms with Gasteiger partial charge in [0.15, 0.2) is 0 Å². The van der Waals surface area contributed by atoms with E-state index < -0.39 is 9.84 Å². The molecule has 1 N–H and O–H groups in total. The molecule has 0 aliphatic rings. The normalized spacial score (nSPS) is 11.7. The molecule has 0 saturated carbocycles. The van der Waals surface area contributed by atoms with E-state index in [9.17, 15) is 13.2 Å². The minimum absolute atomic E-state index is 0.00402. The van der Waals surface area contributed by atoms with Crippen LogP contribution in [0.1, 0.15) is 13.8 Å². The van der Waals surface area contributed by atoms with Crippen molar-refractivity contribution in [3.05, 3.63) is 0 Å². The summed E-state index contributed by atoms with van der Waals surface area (Å²) in [5.41, 5.74) is 0. The van der Waals surface area contributed by atoms with E-state index in [1.165, 1.54) is 0 Å². The fraction of sp³-hybridized carbons (Fsp3) is 0.875. The first-order chi connectivity index (χ1) is 6.31. The first kappa shape index (κ1) is 13.4. The van der Waals surface area contributed by atoms with Crippen molar-refractivity contribution in [2.45, 2.75) is 20.0 Å². The third kappa shape index (κ3) is 9.47. The standard InChI is InChI=1S/C8H17NO4S/c1-7(2)13-6-8(10)9-4-5-14(3,11)12/h7H,4-6H2,1-3H3,(H,9,10). The molecule has 0 aliphatic carbocycles. The smallest absolute Gasteiger partial charge is 0.246 e. The van der Waals surface area contributed by atoms with Crippen LogP contribution in [-0.2, 0) is 19.4 Å². The average molecular weight is 223 g/mol. The minimum Gasteiger partial charge on any atom is -0.369 e. The Morgan fingerprint density at radius 1 is 1.43 bits per heavy atom. The Kier molecular flexibility index (Phi) is 5.71. The lowest BCUT2D eigenvalue weighted by Crippen LogP contribution is -2.32. The van der Waals surface area contributed by atoms with Crippen LogP contribution in [0.2, 0.25) is 0 Å². The molecular formula is C8H17NO4S. The Bertz CT molecular complexity index is 271. The van der Waals surface area contributed by atoms with Gasteiger partial charge in [0.2, 0.25) is 5.91 Å². The number of nitrogens with one attached hydrogen (secondary N) is 1. The lowest BCUT2D eigenvalue weighted by atomic mass is 10.5. The van der Waals surface area contributed by atoms with Crippen molar-refractivity contribution < 1.29 is 17.9 Å². The summed E-state index contributed by atoms with van der Waals surface area (Å²) in [4.78, 5) is 11.0. The zero-order valence-electron chi connectivity index (χ0n) is 8.74. The molecule has 14 heavy (non-hydrogen) atoms. The molecule has 0 aromatic carbocycles. The highest BCUT2D eigenvalue weighted by atomic mass is 32.2. The number of hydrogen-bond donors (Lipinski definition) is 1. The van der Waals surface area contributed by atoms with Crippen LogP contribution in [0.4, 0.5) is 0 Å². The van der Waals surface area contributed by atoms with Crippen LogP contribution in [0.5, 0.6) is 0 Å². The molecule has 0 fully saturated rings. The molecule has 6 heteroatoms. The molecule has 0 radical (unpaired) electrons. The fourth-order valence-electron chi connectivity index (χ4n) is 0.669. The van der Waals surface area contributed by atoms with Crippen molar-refractivity contribution >= 4 is 15.7 Å². The summed E-state index contributed by atoms with van der Waals surface area (Å²) < 4.78 is 26.4. The van der Waals surface area contributed by atoms with Crippen molar-refractivity contribution in [2.24, 2.45) is 0 Å². The van der Waals surface area contributed by atoms with Crippen molar-refractivity contribution in [1.82, 2.24) is 5.32 Å². The Hall–Kier alpha value is -0.620. The van der Waals surface area contributed by atoms with Gasteiger partial charge in [-0.25, -0.2) is 8.42 Å². The third-order valence-electron chi connectivity index (χ3n) is 1.34. The number of carbonyl (C=O) groups excluding carboxylic acids is 1. The topological polar surface area (TPSA) is 72.5 Å². The monoisotopic (exact) mass is 223 g/mol. The molecule has 0 aliphatic heterocycles. The summed E-state index contributed by atoms with van der Waals surface area (Å²) in [7, 11) is -3.01. The van der Waals surface area contributed by atoms with Crippen LogP contribution in [0.25, 0.3) is 0 Å². The van der Waals surface area contributed by atoms with E-state index in [0.717, 1.165) is 6.26 Å². The molecule has 0 saturated heterocycles. The van der Waals surface area contributed by atoms with Crippen LogP contribution < -0.4 is 5.32 Å². The second kappa shape index (κ2) is 5.98. The molecule has 0 spiro atoms. The van der Waals surface area contributed by atoms with Crippen molar-refractivity contribution in [2.75, 3.05) is 25.2 Å². The Morgan fingerprint density at radius 2 is 2.00 bits per heavy atom. The van der Waals surface area contributed by atoms with Gasteiger partial charge in [0.25, 0.3) is 0 Å². The van der Waals surface area contributed by atoms with E-state index >= 15 is 0 Å². The lowest BCUT2D eigenvalue weighted by Gasteiger charge is -2.07. The van der Waals surface area contributed by atoms with E-state index in [-0.39, 0.29) is 30.9 Å². The zero-order valence-corrected chi connectivity index (χ0v) is 9.56. The maximum Gasteiger partial charge on any atom is 0.246 e. The van der Waals surface area contributed by atoms with Gasteiger partial charge in [-0.3, -0.25) is 4.79 Å². The third-order valence-corrected chi connectivity index (χ3v) is 2.29. The van der Waals surface area contributed by atoms with Crippen LogP contribution in [0.3, 0.4) is 0 Å². The van der Waals surface area contributed by atoms with Crippen LogP contribution in [0.15, 0.2) is 0 Å². The Balaban J connectivity index is 3.55. The van der Waals surface area contributed by atoms with Gasteiger partial charge >= 0.3 is 0 Å². The van der Waals surface area contributed by atoms with E-state index in [1.807, 2.05) is 13.8 Å². The molecule has 0 rings (SSSR count). The van der Waals surface area contributed by atoms with Crippen LogP contribution >= 0.6 is 0 Å². The second-order valence-corrected chi connectivity index (χ2v) is 5.60. The molecule has 0 aromatic rings. The summed E-state index contributed by atoms with van der Waals surface area (Å²) in [6.07, 6.45) is 1.12. The van der Waals surface area contributed by atoms with E-state index in [4.69, 9.17) is 4.74 Å². The molecule has 1 amide bonds. The molecule has 0 atom stereocenters. The molecule has 0 unspecified atom stereocenters. The quantitative estimate of drug-likeness (QED) is 0.663. The number of rotatable bonds is 6. The Morgan fingerprint density at radius 3 is 2.43 bits per heavy atom. The molecule has 0 bridgehead atoms. The minimum atomic E-state index is -3.01. The SMILES string of the molecule is CC(C)OCC(=O)NCCS(C)(=O)=O. The maximum atomic E-state index is 11.0. The molecule has 5 nitrogen and oxygen atoms in total. The number of carbonyl (C=O) groups is 1. The number of hydrogen-bond acceptors (Lipinski definition) is 4. The predicted molar refractivity (Wildman–Crippen MR) is 53.8 cm³/mol. The van der Waals surface area contributed by atoms with Crippen molar-refractivity contribution in [3.63, 3.8) is 0 Å². The highest BCUT2D eigenvalue weighted by Crippen LogP contribution is 1.86. The summed E-state index contributed by atoms with van der Waals surface area (Å²) in [6.45, 7) is 3.76. The predicted octanol–water partition coefficient (Wildman–Crippen LogP) is -0.428. The lowest BCUT2D eigenvalue weighted by molar-refractivity contribution is -0.126. The highest BCUT2D eigenvalue weighted by Gasteiger charge is 2.05. The fourth-order valence-corrected chi connectivity index (χ4v) is 1.14. The number of ether oxygens (including phenoxy) is 1. The van der Waals surface area contributed by atoms with Gasteiger partial charge in [-0.1, -0.05) is 0 Å². The summed E-state index contributed by atoms with van der Waals surface area (Å²) in [5, 5.41) is 2.45. The summed E-state index contributed by atoms with van der Waals surface area (Å²) in [5.74, 6) is -0.331. The molecule has 0 aromatic heterocycles. The van der Waals surface area contributed by atoms with E-state index in [2.05, 4.69) is 5.32 Å². The second-order valence-electron chi connectivity index (χ2n) is 3.34. The van der Waals surface area contributed by atoms with Gasteiger partial charge in [-0.15, -0.1) is 0 Å². The van der Waals surface area contributed by atoms with Crippen molar-refractivity contribution in [1.29, 1.82) is 0 Å². The summed E-state index contributed by atoms with van der Waals surface area (Å²) >= 11 is 0. The first-order valence-electron chi connectivity index (χ1n) is 4.37. The van der Waals surface area contributed by atoms with Crippen molar-refractivity contribution in [3.8, 4) is 0 Å². The van der Waals surface area contributed by atoms with Crippen LogP contribution in [-0.4, -0.2) is 45.6 Å². The first-order valence-corrected chi connectivity index (χ1v) is 6.43. The van der Waals surface area contributed by atoms with Gasteiger partial charge in [-0.2, -0.15) is 0 Å². The average Bonchev–Trinajstić information content (AvgIpc) is 1.98. The van der Waals surface area contributed by atoms with Gasteiger partial charge in [-0.05, 0) is 13.8 Å².